The summed E-state index contributed by atoms with van der Waals surface area (Å²) in [4.78, 5) is 52.4. The monoisotopic (exact) mass is 533 g/mol. The van der Waals surface area contributed by atoms with Crippen molar-refractivity contribution in [2.24, 2.45) is 28.6 Å². The quantitative estimate of drug-likeness (QED) is 0.287. The number of carbonyl (C=O) groups is 4. The van der Waals surface area contributed by atoms with Crippen LogP contribution in [0, 0.1) is 28.6 Å². The minimum Gasteiger partial charge on any atom is -0.356 e. The Morgan fingerprint density at radius 1 is 1.19 bits per heavy atom. The van der Waals surface area contributed by atoms with Gasteiger partial charge >= 0.3 is 12.1 Å². The molecule has 4 aliphatic rings. The zero-order chi connectivity index (χ0) is 26.8. The number of rotatable bonds is 7. The van der Waals surface area contributed by atoms with Crippen LogP contribution >= 0.6 is 11.9 Å². The molecule has 1 saturated carbocycles. The Kier molecular flexibility index (Phi) is 6.81. The van der Waals surface area contributed by atoms with Crippen molar-refractivity contribution in [3.05, 3.63) is 0 Å². The third-order valence-corrected chi connectivity index (χ3v) is 8.89. The second-order valence-corrected chi connectivity index (χ2v) is 12.9. The number of alkyl halides is 3. The van der Waals surface area contributed by atoms with Crippen LogP contribution in [0.3, 0.4) is 0 Å². The predicted octanol–water partition coefficient (Wildman–Crippen LogP) is 1.15. The first kappa shape index (κ1) is 27.0. The summed E-state index contributed by atoms with van der Waals surface area (Å²) in [6.07, 6.45) is -4.00. The first-order valence-corrected chi connectivity index (χ1v) is 13.1. The van der Waals surface area contributed by atoms with Crippen molar-refractivity contribution in [1.82, 2.24) is 25.6 Å². The van der Waals surface area contributed by atoms with E-state index in [1.54, 1.807) is 20.8 Å². The standard InChI is InChI=1S/C23H34F3N5O4S/c1-21(2,3)15(29-20(35)23(24,25)26)19(34)31-9-11-13(22(11,4)5)14(31)17(33)28-12(18-30-36-18)8-10-6-7-27-16(10)32/h10-15,18,30H,6-9H2,1-5H3,(H,27,32)(H,28,33)(H,29,35)/t10-,11-,12-,13-,14-,15+,18-/m0/s1. The number of amides is 4. The summed E-state index contributed by atoms with van der Waals surface area (Å²) in [6, 6.07) is -2.66. The third kappa shape index (κ3) is 5.18. The molecule has 3 aliphatic heterocycles. The van der Waals surface area contributed by atoms with E-state index in [0.29, 0.717) is 19.4 Å². The average molecular weight is 534 g/mol. The van der Waals surface area contributed by atoms with E-state index in [0.717, 1.165) is 0 Å². The molecule has 0 spiro atoms. The lowest BCUT2D eigenvalue weighted by Crippen LogP contribution is -2.61. The van der Waals surface area contributed by atoms with Gasteiger partial charge in [-0.3, -0.25) is 19.2 Å². The molecule has 9 nitrogen and oxygen atoms in total. The molecule has 4 amide bonds. The lowest BCUT2D eigenvalue weighted by molar-refractivity contribution is -0.176. The second-order valence-electron chi connectivity index (χ2n) is 11.9. The van der Waals surface area contributed by atoms with Gasteiger partial charge in [-0.2, -0.15) is 13.2 Å². The van der Waals surface area contributed by atoms with Gasteiger partial charge in [-0.05, 0) is 35.5 Å². The summed E-state index contributed by atoms with van der Waals surface area (Å²) in [5.74, 6) is -3.64. The average Bonchev–Trinajstić information content (AvgIpc) is 3.56. The summed E-state index contributed by atoms with van der Waals surface area (Å²) >= 11 is 1.45. The van der Waals surface area contributed by atoms with Gasteiger partial charge in [-0.25, -0.2) is 4.72 Å². The normalized spacial score (nSPS) is 32.3. The van der Waals surface area contributed by atoms with Crippen LogP contribution in [0.4, 0.5) is 13.2 Å². The summed E-state index contributed by atoms with van der Waals surface area (Å²) in [5, 5.41) is 7.63. The molecule has 0 aromatic carbocycles. The molecule has 4 N–H and O–H groups in total. The molecule has 13 heteroatoms. The number of likely N-dealkylation sites (tertiary alicyclic amines) is 1. The van der Waals surface area contributed by atoms with Crippen molar-refractivity contribution < 1.29 is 32.3 Å². The van der Waals surface area contributed by atoms with Crippen molar-refractivity contribution >= 4 is 35.6 Å². The Balaban J connectivity index is 1.53. The summed E-state index contributed by atoms with van der Waals surface area (Å²) in [6.45, 7) is 9.55. The van der Waals surface area contributed by atoms with Gasteiger partial charge in [0.25, 0.3) is 0 Å². The van der Waals surface area contributed by atoms with Crippen LogP contribution in [0.25, 0.3) is 0 Å². The molecule has 3 heterocycles. The fourth-order valence-electron chi connectivity index (χ4n) is 5.75. The van der Waals surface area contributed by atoms with Gasteiger partial charge in [0.2, 0.25) is 17.7 Å². The van der Waals surface area contributed by atoms with E-state index in [-0.39, 0.29) is 52.9 Å². The maximum absolute atomic E-state index is 13.6. The number of carbonyl (C=O) groups excluding carboxylic acids is 4. The van der Waals surface area contributed by atoms with E-state index in [2.05, 4.69) is 15.4 Å². The summed E-state index contributed by atoms with van der Waals surface area (Å²) in [5.41, 5.74) is -1.22. The van der Waals surface area contributed by atoms with Gasteiger partial charge in [0.1, 0.15) is 12.1 Å². The van der Waals surface area contributed by atoms with Gasteiger partial charge in [0.05, 0.1) is 11.4 Å². The topological polar surface area (TPSA) is 130 Å². The number of hydrogen-bond acceptors (Lipinski definition) is 6. The number of nitrogens with zero attached hydrogens (tertiary/aromatic N) is 1. The Bertz CT molecular complexity index is 949. The number of nitrogens with one attached hydrogen (secondary N) is 4. The SMILES string of the molecule is CC(C)(C)[C@H](NC(=O)C(F)(F)F)C(=O)N1C[C@H]2[C@@H]([C@H]1C(=O)N[C@@H](C[C@@H]1CCNC1=O)[C@H]1NS1)C2(C)C. The van der Waals surface area contributed by atoms with Crippen LogP contribution in [-0.4, -0.2) is 71.3 Å². The second kappa shape index (κ2) is 9.07. The van der Waals surface area contributed by atoms with E-state index < -0.39 is 35.5 Å². The van der Waals surface area contributed by atoms with Gasteiger partial charge in [-0.15, -0.1) is 0 Å². The molecular weight excluding hydrogens is 499 g/mol. The fourth-order valence-corrected chi connectivity index (χ4v) is 6.33. The number of halogens is 3. The molecule has 36 heavy (non-hydrogen) atoms. The highest BCUT2D eigenvalue weighted by Gasteiger charge is 2.70. The molecule has 0 unspecified atom stereocenters. The van der Waals surface area contributed by atoms with Crippen molar-refractivity contribution in [2.75, 3.05) is 13.1 Å². The maximum atomic E-state index is 13.6. The van der Waals surface area contributed by atoms with E-state index in [9.17, 15) is 32.3 Å². The van der Waals surface area contributed by atoms with E-state index in [4.69, 9.17) is 0 Å². The molecule has 0 radical (unpaired) electrons. The minimum absolute atomic E-state index is 0.0311. The Morgan fingerprint density at radius 2 is 1.83 bits per heavy atom. The van der Waals surface area contributed by atoms with Crippen LogP contribution in [0.1, 0.15) is 47.5 Å². The molecule has 7 atom stereocenters. The number of fused-ring (bicyclic) bond motifs is 1. The van der Waals surface area contributed by atoms with Crippen molar-refractivity contribution in [2.45, 2.75) is 77.1 Å². The van der Waals surface area contributed by atoms with Crippen molar-refractivity contribution in [1.29, 1.82) is 0 Å². The van der Waals surface area contributed by atoms with Gasteiger partial charge in [0.15, 0.2) is 0 Å². The van der Waals surface area contributed by atoms with Crippen molar-refractivity contribution in [3.63, 3.8) is 0 Å². The highest BCUT2D eigenvalue weighted by molar-refractivity contribution is 8.04. The van der Waals surface area contributed by atoms with Crippen LogP contribution in [0.5, 0.6) is 0 Å². The number of piperidine rings is 1. The fraction of sp³-hybridized carbons (Fsp3) is 0.826. The Hall–Kier alpha value is -2.02. The van der Waals surface area contributed by atoms with Crippen molar-refractivity contribution in [3.8, 4) is 0 Å². The first-order valence-electron chi connectivity index (χ1n) is 12.2. The molecule has 3 saturated heterocycles. The third-order valence-electron chi connectivity index (χ3n) is 8.05. The maximum Gasteiger partial charge on any atom is 0.471 e. The summed E-state index contributed by atoms with van der Waals surface area (Å²) < 4.78 is 42.1. The van der Waals surface area contributed by atoms with Crippen LogP contribution in [-0.2, 0) is 19.2 Å². The summed E-state index contributed by atoms with van der Waals surface area (Å²) in [7, 11) is 0. The van der Waals surface area contributed by atoms with Crippen LogP contribution in [0.2, 0.25) is 0 Å². The van der Waals surface area contributed by atoms with E-state index >= 15 is 0 Å². The predicted molar refractivity (Wildman–Crippen MR) is 126 cm³/mol. The van der Waals surface area contributed by atoms with Crippen LogP contribution < -0.4 is 20.7 Å². The van der Waals surface area contributed by atoms with Gasteiger partial charge in [0, 0.05) is 19.0 Å². The lowest BCUT2D eigenvalue weighted by atomic mass is 9.85. The largest absolute Gasteiger partial charge is 0.471 e. The van der Waals surface area contributed by atoms with E-state index in [1.807, 2.05) is 19.2 Å². The number of hydrogen-bond donors (Lipinski definition) is 4. The molecular formula is C23H34F3N5O4S. The highest BCUT2D eigenvalue weighted by atomic mass is 32.2. The smallest absolute Gasteiger partial charge is 0.356 e. The molecule has 4 rings (SSSR count). The first-order chi connectivity index (χ1) is 16.5. The molecule has 0 bridgehead atoms. The molecule has 0 aromatic rings. The minimum atomic E-state index is -5.13. The van der Waals surface area contributed by atoms with E-state index in [1.165, 1.54) is 16.8 Å². The van der Waals surface area contributed by atoms with Crippen LogP contribution in [0.15, 0.2) is 0 Å². The Labute approximate surface area is 212 Å². The highest BCUT2D eigenvalue weighted by Crippen LogP contribution is 2.65. The zero-order valence-corrected chi connectivity index (χ0v) is 21.8. The molecule has 1 aliphatic carbocycles. The zero-order valence-electron chi connectivity index (χ0n) is 21.0. The molecule has 4 fully saturated rings. The molecule has 0 aromatic heterocycles. The van der Waals surface area contributed by atoms with Gasteiger partial charge < -0.3 is 20.9 Å². The van der Waals surface area contributed by atoms with Gasteiger partial charge in [-0.1, -0.05) is 46.6 Å². The Morgan fingerprint density at radius 3 is 2.33 bits per heavy atom. The lowest BCUT2D eigenvalue weighted by Gasteiger charge is -2.38. The molecule has 202 valence electrons.